The Labute approximate surface area is 241 Å². The van der Waals surface area contributed by atoms with Crippen molar-refractivity contribution in [3.8, 4) is 34.3 Å². The van der Waals surface area contributed by atoms with E-state index in [2.05, 4.69) is 0 Å². The monoisotopic (exact) mass is 610 g/mol. The highest BCUT2D eigenvalue weighted by Gasteiger charge is 2.48. The van der Waals surface area contributed by atoms with Crippen LogP contribution >= 0.6 is 0 Å². The second-order valence-electron chi connectivity index (χ2n) is 10.1. The van der Waals surface area contributed by atoms with Gasteiger partial charge in [-0.2, -0.15) is 0 Å². The van der Waals surface area contributed by atoms with Crippen LogP contribution in [0.2, 0.25) is 0 Å². The van der Waals surface area contributed by atoms with Crippen molar-refractivity contribution >= 4 is 11.0 Å². The van der Waals surface area contributed by atoms with Gasteiger partial charge in [0.05, 0.1) is 13.2 Å². The topological polar surface area (TPSA) is 269 Å². The number of hydrogen-bond donors (Lipinski definition) is 10. The fraction of sp³-hybridized carbons (Fsp3) is 0.444. The Kier molecular flexibility index (Phi) is 8.77. The van der Waals surface area contributed by atoms with Crippen LogP contribution in [-0.4, -0.2) is 126 Å². The van der Waals surface area contributed by atoms with E-state index in [0.29, 0.717) is 5.56 Å². The maximum atomic E-state index is 12.9. The maximum absolute atomic E-state index is 12.9. The van der Waals surface area contributed by atoms with E-state index in [1.807, 2.05) is 0 Å². The highest BCUT2D eigenvalue weighted by atomic mass is 16.7. The summed E-state index contributed by atoms with van der Waals surface area (Å²) >= 11 is 0. The van der Waals surface area contributed by atoms with Crippen molar-refractivity contribution < 1.29 is 74.4 Å². The molecule has 10 N–H and O–H groups in total. The van der Waals surface area contributed by atoms with Crippen molar-refractivity contribution in [2.45, 2.75) is 61.4 Å². The first kappa shape index (κ1) is 30.9. The Morgan fingerprint density at radius 3 is 2.00 bits per heavy atom. The van der Waals surface area contributed by atoms with Crippen LogP contribution in [0.5, 0.6) is 23.0 Å². The summed E-state index contributed by atoms with van der Waals surface area (Å²) in [6.07, 6.45) is -17.0. The van der Waals surface area contributed by atoms with Crippen molar-refractivity contribution in [1.82, 2.24) is 0 Å². The summed E-state index contributed by atoms with van der Waals surface area (Å²) in [5.74, 6) is -2.31. The van der Waals surface area contributed by atoms with Gasteiger partial charge in [0.25, 0.3) is 0 Å². The molecule has 2 fully saturated rings. The van der Waals surface area contributed by atoms with Crippen LogP contribution in [0.4, 0.5) is 0 Å². The van der Waals surface area contributed by atoms with E-state index in [-0.39, 0.29) is 17.1 Å². The summed E-state index contributed by atoms with van der Waals surface area (Å²) in [4.78, 5) is 12.9. The van der Waals surface area contributed by atoms with Crippen LogP contribution < -0.4 is 10.2 Å². The number of phenolic OH excluding ortho intramolecular Hbond substituents is 3. The van der Waals surface area contributed by atoms with E-state index < -0.39 is 103 Å². The number of aliphatic hydroxyl groups is 7. The molecule has 2 saturated heterocycles. The predicted molar refractivity (Wildman–Crippen MR) is 140 cm³/mol. The molecule has 0 bridgehead atoms. The van der Waals surface area contributed by atoms with Crippen LogP contribution in [0.25, 0.3) is 22.3 Å². The lowest BCUT2D eigenvalue weighted by molar-refractivity contribution is -0.323. The van der Waals surface area contributed by atoms with Crippen molar-refractivity contribution in [1.29, 1.82) is 0 Å². The van der Waals surface area contributed by atoms with E-state index in [9.17, 15) is 55.9 Å². The number of aromatic hydroxyl groups is 3. The predicted octanol–water partition coefficient (Wildman–Crippen LogP) is -2.42. The Balaban J connectivity index is 1.36. The van der Waals surface area contributed by atoms with Crippen LogP contribution in [0.3, 0.4) is 0 Å². The summed E-state index contributed by atoms with van der Waals surface area (Å²) in [5.41, 5.74) is -0.554. The van der Waals surface area contributed by atoms with Crippen LogP contribution in [-0.2, 0) is 14.2 Å². The molecule has 0 radical (unpaired) electrons. The van der Waals surface area contributed by atoms with Crippen molar-refractivity contribution in [2.24, 2.45) is 0 Å². The lowest BCUT2D eigenvalue weighted by Crippen LogP contribution is -2.62. The largest absolute Gasteiger partial charge is 0.508 e. The molecule has 10 atom stereocenters. The lowest BCUT2D eigenvalue weighted by atomic mass is 9.98. The Hall–Kier alpha value is -3.55. The molecule has 16 nitrogen and oxygen atoms in total. The molecular formula is C27H30O16. The number of aliphatic hydroxyl groups excluding tert-OH is 7. The third-order valence-corrected chi connectivity index (χ3v) is 7.25. The molecule has 0 aliphatic carbocycles. The molecule has 2 aliphatic rings. The minimum atomic E-state index is -1.94. The van der Waals surface area contributed by atoms with Gasteiger partial charge in [-0.15, -0.1) is 0 Å². The van der Waals surface area contributed by atoms with Gasteiger partial charge in [0, 0.05) is 17.7 Å². The van der Waals surface area contributed by atoms with Crippen LogP contribution in [0.1, 0.15) is 0 Å². The molecule has 1 aromatic heterocycles. The molecule has 0 spiro atoms. The fourth-order valence-corrected chi connectivity index (χ4v) is 4.82. The number of fused-ring (bicyclic) bond motifs is 1. The molecule has 0 unspecified atom stereocenters. The lowest BCUT2D eigenvalue weighted by Gasteiger charge is -2.42. The van der Waals surface area contributed by atoms with E-state index >= 15 is 0 Å². The summed E-state index contributed by atoms with van der Waals surface area (Å²) in [6.45, 7) is -1.36. The fourth-order valence-electron chi connectivity index (χ4n) is 4.82. The molecule has 16 heteroatoms. The third-order valence-electron chi connectivity index (χ3n) is 7.25. The van der Waals surface area contributed by atoms with E-state index in [1.54, 1.807) is 0 Å². The first-order valence-corrected chi connectivity index (χ1v) is 13.0. The number of phenols is 3. The summed E-state index contributed by atoms with van der Waals surface area (Å²) in [7, 11) is 0. The Bertz CT molecular complexity index is 1490. The first-order chi connectivity index (χ1) is 20.4. The maximum Gasteiger partial charge on any atom is 0.229 e. The Morgan fingerprint density at radius 1 is 0.744 bits per heavy atom. The standard InChI is InChI=1S/C27H30O16/c28-7-15-18(32)21(35)23(37)26(41-15)39-8-16-19(33)22(36)24(38)27(42-16)43-25-12(31)6-14-17(20(25)34)11(30)5-13(40-14)9-1-3-10(29)4-2-9/h1-6,15-16,18-19,21-24,26-29,31-38H,7-8H2/t15-,16-,18-,19-,21+,22+,23-,24-,26-,27+/m1/s1. The second kappa shape index (κ2) is 12.2. The molecule has 43 heavy (non-hydrogen) atoms. The van der Waals surface area contributed by atoms with Crippen molar-refractivity contribution in [3.63, 3.8) is 0 Å². The van der Waals surface area contributed by atoms with Gasteiger partial charge in [-0.25, -0.2) is 0 Å². The molecule has 2 aliphatic heterocycles. The van der Waals surface area contributed by atoms with Gasteiger partial charge < -0.3 is 74.4 Å². The zero-order valence-corrected chi connectivity index (χ0v) is 22.1. The third kappa shape index (κ3) is 5.85. The quantitative estimate of drug-likeness (QED) is 0.133. The smallest absolute Gasteiger partial charge is 0.229 e. The number of hydrogen-bond acceptors (Lipinski definition) is 16. The molecular weight excluding hydrogens is 580 g/mol. The first-order valence-electron chi connectivity index (χ1n) is 13.0. The number of benzene rings is 2. The van der Waals surface area contributed by atoms with Crippen molar-refractivity contribution in [2.75, 3.05) is 13.2 Å². The average Bonchev–Trinajstić information content (AvgIpc) is 2.98. The summed E-state index contributed by atoms with van der Waals surface area (Å²) < 4.78 is 27.2. The van der Waals surface area contributed by atoms with Gasteiger partial charge in [0.15, 0.2) is 23.2 Å². The second-order valence-corrected chi connectivity index (χ2v) is 10.1. The van der Waals surface area contributed by atoms with Gasteiger partial charge >= 0.3 is 0 Å². The van der Waals surface area contributed by atoms with E-state index in [0.717, 1.165) is 12.1 Å². The minimum absolute atomic E-state index is 0.0172. The SMILES string of the molecule is O=c1cc(-c2ccc(O)cc2)oc2cc(O)c(O[C@@H]3O[C@H](CO[C@@H]4O[C@H](CO)[C@@H](O)[C@H](O)[C@H]4O)[C@@H](O)[C@H](O)[C@H]3O)c(O)c12. The van der Waals surface area contributed by atoms with Gasteiger partial charge in [0.1, 0.15) is 71.3 Å². The van der Waals surface area contributed by atoms with Crippen LogP contribution in [0.15, 0.2) is 45.6 Å². The van der Waals surface area contributed by atoms with E-state index in [4.69, 9.17) is 23.4 Å². The molecule has 0 amide bonds. The van der Waals surface area contributed by atoms with Gasteiger partial charge in [0.2, 0.25) is 12.0 Å². The zero-order valence-electron chi connectivity index (χ0n) is 22.1. The highest BCUT2D eigenvalue weighted by Crippen LogP contribution is 2.43. The minimum Gasteiger partial charge on any atom is -0.508 e. The molecule has 2 aromatic carbocycles. The summed E-state index contributed by atoms with van der Waals surface area (Å²) in [6, 6.07) is 7.73. The summed E-state index contributed by atoms with van der Waals surface area (Å²) in [5, 5.41) is 101. The average molecular weight is 611 g/mol. The number of rotatable bonds is 7. The van der Waals surface area contributed by atoms with E-state index in [1.165, 1.54) is 24.3 Å². The Morgan fingerprint density at radius 2 is 1.35 bits per heavy atom. The molecule has 3 heterocycles. The van der Waals surface area contributed by atoms with Gasteiger partial charge in [-0.05, 0) is 24.3 Å². The van der Waals surface area contributed by atoms with Crippen molar-refractivity contribution in [3.05, 3.63) is 46.6 Å². The number of ether oxygens (including phenoxy) is 4. The normalized spacial score (nSPS) is 33.0. The van der Waals surface area contributed by atoms with Gasteiger partial charge in [-0.1, -0.05) is 0 Å². The van der Waals surface area contributed by atoms with Gasteiger partial charge in [-0.3, -0.25) is 4.79 Å². The highest BCUT2D eigenvalue weighted by molar-refractivity contribution is 5.89. The molecule has 3 aromatic rings. The molecule has 234 valence electrons. The zero-order chi connectivity index (χ0) is 31.2. The molecule has 5 rings (SSSR count). The van der Waals surface area contributed by atoms with Crippen LogP contribution in [0, 0.1) is 0 Å². The molecule has 0 saturated carbocycles.